The number of carbonyl (C=O) groups excluding carboxylic acids is 1. The third-order valence-electron chi connectivity index (χ3n) is 6.06. The summed E-state index contributed by atoms with van der Waals surface area (Å²) >= 11 is 0. The Balaban J connectivity index is 1.72. The van der Waals surface area contributed by atoms with Crippen molar-refractivity contribution in [2.75, 3.05) is 27.4 Å². The van der Waals surface area contributed by atoms with Crippen molar-refractivity contribution in [1.29, 1.82) is 0 Å². The van der Waals surface area contributed by atoms with Crippen molar-refractivity contribution < 1.29 is 18.8 Å². The molecule has 1 unspecified atom stereocenters. The van der Waals surface area contributed by atoms with Gasteiger partial charge < -0.3 is 14.0 Å². The fourth-order valence-electron chi connectivity index (χ4n) is 4.38. The molecule has 2 aromatic carbocycles. The highest BCUT2D eigenvalue weighted by molar-refractivity contribution is 5.72. The van der Waals surface area contributed by atoms with Gasteiger partial charge in [0.2, 0.25) is 6.79 Å². The van der Waals surface area contributed by atoms with Gasteiger partial charge in [0.1, 0.15) is 18.2 Å². The van der Waals surface area contributed by atoms with E-state index in [2.05, 4.69) is 51.4 Å². The zero-order valence-electron chi connectivity index (χ0n) is 21.2. The van der Waals surface area contributed by atoms with E-state index in [0.717, 1.165) is 29.6 Å². The summed E-state index contributed by atoms with van der Waals surface area (Å²) in [4.78, 5) is 12.6. The van der Waals surface area contributed by atoms with Crippen molar-refractivity contribution in [2.24, 2.45) is 5.92 Å². The molecule has 0 saturated carbocycles. The molecule has 0 amide bonds. The zero-order chi connectivity index (χ0) is 23.9. The van der Waals surface area contributed by atoms with Gasteiger partial charge in [0.25, 0.3) is 0 Å². The fourth-order valence-corrected chi connectivity index (χ4v) is 4.38. The minimum atomic E-state index is -0.209. The third kappa shape index (κ3) is 10.9. The van der Waals surface area contributed by atoms with Crippen LogP contribution in [0.5, 0.6) is 5.75 Å². The summed E-state index contributed by atoms with van der Waals surface area (Å²) in [7, 11) is 4.29. The minimum absolute atomic E-state index is 0.0384. The van der Waals surface area contributed by atoms with Crippen molar-refractivity contribution in [1.82, 2.24) is 0 Å². The van der Waals surface area contributed by atoms with Crippen LogP contribution >= 0.6 is 0 Å². The van der Waals surface area contributed by atoms with Crippen LogP contribution in [0.4, 0.5) is 0 Å². The lowest BCUT2D eigenvalue weighted by molar-refractivity contribution is -0.905. The molecule has 0 aromatic heterocycles. The van der Waals surface area contributed by atoms with Gasteiger partial charge in [-0.2, -0.15) is 0 Å². The Morgan fingerprint density at radius 2 is 1.52 bits per heavy atom. The Morgan fingerprint density at radius 1 is 0.879 bits per heavy atom. The molecular weight excluding hydrogens is 410 g/mol. The van der Waals surface area contributed by atoms with Crippen LogP contribution in [0.2, 0.25) is 0 Å². The highest BCUT2D eigenvalue weighted by atomic mass is 16.7. The van der Waals surface area contributed by atoms with Crippen LogP contribution in [0.1, 0.15) is 69.9 Å². The fraction of sp³-hybridized carbons (Fsp3) is 0.552. The van der Waals surface area contributed by atoms with Gasteiger partial charge in [0.05, 0.1) is 20.6 Å². The first-order chi connectivity index (χ1) is 15.9. The molecule has 2 aromatic rings. The molecule has 0 aliphatic heterocycles. The standard InChI is InChI=1S/C29H44NO3/c1-5-6-7-8-9-10-14-19-27-20-15-16-21-28(27)32-24-33-29(31)25(2)22-30(3,4)23-26-17-12-11-13-18-26/h11-13,15-18,20-21,25H,5-10,14,19,22-24H2,1-4H3/q+1. The smallest absolute Gasteiger partial charge is 0.317 e. The van der Waals surface area contributed by atoms with E-state index in [1.54, 1.807) is 0 Å². The van der Waals surface area contributed by atoms with Crippen molar-refractivity contribution in [3.8, 4) is 5.75 Å². The molecule has 4 heteroatoms. The number of benzene rings is 2. The Bertz CT molecular complexity index is 804. The van der Waals surface area contributed by atoms with E-state index in [-0.39, 0.29) is 18.7 Å². The summed E-state index contributed by atoms with van der Waals surface area (Å²) in [6, 6.07) is 18.5. The monoisotopic (exact) mass is 454 g/mol. The van der Waals surface area contributed by atoms with Gasteiger partial charge in [0, 0.05) is 5.56 Å². The first-order valence-corrected chi connectivity index (χ1v) is 12.6. The summed E-state index contributed by atoms with van der Waals surface area (Å²) in [5.41, 5.74) is 2.46. The van der Waals surface area contributed by atoms with Gasteiger partial charge >= 0.3 is 5.97 Å². The second-order valence-corrected chi connectivity index (χ2v) is 9.87. The van der Waals surface area contributed by atoms with E-state index in [0.29, 0.717) is 6.54 Å². The largest absolute Gasteiger partial charge is 0.457 e. The first kappa shape index (κ1) is 26.9. The molecule has 1 atom stereocenters. The summed E-state index contributed by atoms with van der Waals surface area (Å²) < 4.78 is 12.0. The Kier molecular flexibility index (Phi) is 12.0. The first-order valence-electron chi connectivity index (χ1n) is 12.6. The molecule has 0 aliphatic rings. The molecule has 0 aliphatic carbocycles. The Morgan fingerprint density at radius 3 is 2.24 bits per heavy atom. The molecule has 4 nitrogen and oxygen atoms in total. The lowest BCUT2D eigenvalue weighted by Crippen LogP contribution is -2.44. The summed E-state index contributed by atoms with van der Waals surface area (Å²) in [6.07, 6.45) is 10.0. The molecular formula is C29H44NO3+. The average Bonchev–Trinajstić information content (AvgIpc) is 2.79. The van der Waals surface area contributed by atoms with Crippen LogP contribution < -0.4 is 4.74 Å². The van der Waals surface area contributed by atoms with E-state index in [9.17, 15) is 4.79 Å². The topological polar surface area (TPSA) is 35.5 Å². The van der Waals surface area contributed by atoms with Crippen molar-refractivity contribution in [3.05, 3.63) is 65.7 Å². The van der Waals surface area contributed by atoms with Gasteiger partial charge in [-0.05, 0) is 31.4 Å². The molecule has 0 fully saturated rings. The second kappa shape index (κ2) is 14.7. The SMILES string of the molecule is CCCCCCCCCc1ccccc1OCOC(=O)C(C)C[N+](C)(C)Cc1ccccc1. The maximum absolute atomic E-state index is 12.6. The van der Waals surface area contributed by atoms with E-state index in [4.69, 9.17) is 9.47 Å². The second-order valence-electron chi connectivity index (χ2n) is 9.87. The van der Waals surface area contributed by atoms with Gasteiger partial charge in [-0.1, -0.05) is 94.0 Å². The third-order valence-corrected chi connectivity index (χ3v) is 6.06. The number of unbranched alkanes of at least 4 members (excludes halogenated alkanes) is 6. The Labute approximate surface area is 201 Å². The number of hydrogen-bond acceptors (Lipinski definition) is 3. The van der Waals surface area contributed by atoms with Crippen LogP contribution in [-0.4, -0.2) is 37.9 Å². The molecule has 0 saturated heterocycles. The summed E-state index contributed by atoms with van der Waals surface area (Å²) in [5.74, 6) is 0.415. The van der Waals surface area contributed by atoms with Gasteiger partial charge in [0.15, 0.2) is 0 Å². The number of esters is 1. The highest BCUT2D eigenvalue weighted by Crippen LogP contribution is 2.21. The predicted molar refractivity (Wildman–Crippen MR) is 136 cm³/mol. The maximum Gasteiger partial charge on any atom is 0.317 e. The molecule has 2 rings (SSSR count). The van der Waals surface area contributed by atoms with Crippen LogP contribution in [0.3, 0.4) is 0 Å². The number of carbonyl (C=O) groups is 1. The van der Waals surface area contributed by atoms with Crippen molar-refractivity contribution in [2.45, 2.75) is 71.8 Å². The number of hydrogen-bond donors (Lipinski definition) is 0. The molecule has 0 heterocycles. The highest BCUT2D eigenvalue weighted by Gasteiger charge is 2.25. The van der Waals surface area contributed by atoms with E-state index < -0.39 is 0 Å². The van der Waals surface area contributed by atoms with Gasteiger partial charge in [-0.15, -0.1) is 0 Å². The molecule has 0 bridgehead atoms. The van der Waals surface area contributed by atoms with Crippen molar-refractivity contribution >= 4 is 5.97 Å². The molecule has 0 radical (unpaired) electrons. The summed E-state index contributed by atoms with van der Waals surface area (Å²) in [5, 5.41) is 0. The summed E-state index contributed by atoms with van der Waals surface area (Å²) in [6.45, 7) is 5.73. The van der Waals surface area contributed by atoms with Crippen LogP contribution in [0.15, 0.2) is 54.6 Å². The number of rotatable bonds is 16. The molecule has 33 heavy (non-hydrogen) atoms. The van der Waals surface area contributed by atoms with Crippen molar-refractivity contribution in [3.63, 3.8) is 0 Å². The average molecular weight is 455 g/mol. The number of quaternary nitrogens is 1. The number of para-hydroxylation sites is 1. The minimum Gasteiger partial charge on any atom is -0.457 e. The van der Waals surface area contributed by atoms with Crippen LogP contribution in [0, 0.1) is 5.92 Å². The number of aryl methyl sites for hydroxylation is 1. The van der Waals surface area contributed by atoms with E-state index >= 15 is 0 Å². The normalized spacial score (nSPS) is 12.4. The van der Waals surface area contributed by atoms with Gasteiger partial charge in [-0.3, -0.25) is 4.79 Å². The molecule has 0 N–H and O–H groups in total. The van der Waals surface area contributed by atoms with E-state index in [1.165, 1.54) is 49.7 Å². The van der Waals surface area contributed by atoms with Crippen LogP contribution in [-0.2, 0) is 22.5 Å². The van der Waals surface area contributed by atoms with Gasteiger partial charge in [-0.25, -0.2) is 0 Å². The lowest BCUT2D eigenvalue weighted by Gasteiger charge is -2.31. The number of nitrogens with zero attached hydrogens (tertiary/aromatic N) is 1. The quantitative estimate of drug-likeness (QED) is 0.121. The molecule has 182 valence electrons. The Hall–Kier alpha value is -2.33. The predicted octanol–water partition coefficient (Wildman–Crippen LogP) is 6.77. The van der Waals surface area contributed by atoms with Crippen LogP contribution in [0.25, 0.3) is 0 Å². The maximum atomic E-state index is 12.6. The van der Waals surface area contributed by atoms with E-state index in [1.807, 2.05) is 31.2 Å². The zero-order valence-corrected chi connectivity index (χ0v) is 21.2. The lowest BCUT2D eigenvalue weighted by atomic mass is 10.0. The molecule has 0 spiro atoms. The number of ether oxygens (including phenoxy) is 2.